The van der Waals surface area contributed by atoms with Gasteiger partial charge in [0.1, 0.15) is 6.29 Å². The van der Waals surface area contributed by atoms with Crippen LogP contribution in [0, 0.1) is 0 Å². The fourth-order valence-electron chi connectivity index (χ4n) is 0.763. The van der Waals surface area contributed by atoms with E-state index in [-0.39, 0.29) is 0 Å². The van der Waals surface area contributed by atoms with Crippen LogP contribution < -0.4 is 0 Å². The molecular formula is C9H16O. The van der Waals surface area contributed by atoms with Gasteiger partial charge in [-0.2, -0.15) is 0 Å². The number of allylic oxidation sites excluding steroid dienone is 2. The van der Waals surface area contributed by atoms with Crippen LogP contribution >= 0.6 is 0 Å². The first-order valence-corrected chi connectivity index (χ1v) is 3.84. The lowest BCUT2D eigenvalue weighted by atomic mass is 10.1. The second-order valence-corrected chi connectivity index (χ2v) is 2.73. The molecule has 0 bridgehead atoms. The summed E-state index contributed by atoms with van der Waals surface area (Å²) < 4.78 is 0. The molecule has 0 aliphatic carbocycles. The van der Waals surface area contributed by atoms with Crippen LogP contribution in [0.3, 0.4) is 0 Å². The summed E-state index contributed by atoms with van der Waals surface area (Å²) in [7, 11) is 0. The molecule has 0 N–H and O–H groups in total. The van der Waals surface area contributed by atoms with Gasteiger partial charge in [0.15, 0.2) is 0 Å². The van der Waals surface area contributed by atoms with Crippen LogP contribution in [0.15, 0.2) is 11.6 Å². The maximum atomic E-state index is 9.89. The molecule has 0 aliphatic heterocycles. The van der Waals surface area contributed by atoms with Gasteiger partial charge in [0, 0.05) is 6.42 Å². The molecular weight excluding hydrogens is 124 g/mol. The lowest BCUT2D eigenvalue weighted by molar-refractivity contribution is -0.107. The molecule has 0 fully saturated rings. The van der Waals surface area contributed by atoms with Crippen LogP contribution in [-0.2, 0) is 4.79 Å². The average molecular weight is 140 g/mol. The minimum absolute atomic E-state index is 0.719. The van der Waals surface area contributed by atoms with Gasteiger partial charge < -0.3 is 4.79 Å². The number of hydrogen-bond donors (Lipinski definition) is 0. The highest BCUT2D eigenvalue weighted by atomic mass is 16.1. The highest BCUT2D eigenvalue weighted by Gasteiger charge is 1.84. The number of hydrogen-bond acceptors (Lipinski definition) is 1. The van der Waals surface area contributed by atoms with E-state index in [2.05, 4.69) is 19.9 Å². The predicted molar refractivity (Wildman–Crippen MR) is 44.0 cm³/mol. The Morgan fingerprint density at radius 2 is 1.80 bits per heavy atom. The van der Waals surface area contributed by atoms with Gasteiger partial charge in [-0.3, -0.25) is 0 Å². The second kappa shape index (κ2) is 6.53. The van der Waals surface area contributed by atoms with Crippen molar-refractivity contribution in [2.24, 2.45) is 0 Å². The standard InChI is InChI=1S/C9H16O/c1-9(2)7-5-3-4-6-8-10/h7-8H,3-6H2,1-2H3. The molecule has 0 aromatic heterocycles. The van der Waals surface area contributed by atoms with E-state index in [4.69, 9.17) is 0 Å². The van der Waals surface area contributed by atoms with Crippen LogP contribution in [0.4, 0.5) is 0 Å². The summed E-state index contributed by atoms with van der Waals surface area (Å²) >= 11 is 0. The van der Waals surface area contributed by atoms with Gasteiger partial charge in [-0.25, -0.2) is 0 Å². The van der Waals surface area contributed by atoms with Crippen molar-refractivity contribution in [2.45, 2.75) is 39.5 Å². The summed E-state index contributed by atoms with van der Waals surface area (Å²) in [6.45, 7) is 4.19. The third-order valence-corrected chi connectivity index (χ3v) is 1.33. The topological polar surface area (TPSA) is 17.1 Å². The third kappa shape index (κ3) is 7.41. The van der Waals surface area contributed by atoms with Gasteiger partial charge in [-0.05, 0) is 33.1 Å². The third-order valence-electron chi connectivity index (χ3n) is 1.33. The second-order valence-electron chi connectivity index (χ2n) is 2.73. The summed E-state index contributed by atoms with van der Waals surface area (Å²) in [5.74, 6) is 0. The zero-order chi connectivity index (χ0) is 7.82. The first-order valence-electron chi connectivity index (χ1n) is 3.84. The predicted octanol–water partition coefficient (Wildman–Crippen LogP) is 2.71. The summed E-state index contributed by atoms with van der Waals surface area (Å²) in [6, 6.07) is 0. The maximum absolute atomic E-state index is 9.89. The van der Waals surface area contributed by atoms with E-state index in [1.54, 1.807) is 0 Å². The van der Waals surface area contributed by atoms with Crippen LogP contribution in [0.1, 0.15) is 39.5 Å². The Hall–Kier alpha value is -0.590. The molecule has 58 valence electrons. The number of rotatable bonds is 5. The summed E-state index contributed by atoms with van der Waals surface area (Å²) in [6.07, 6.45) is 7.22. The van der Waals surface area contributed by atoms with Crippen molar-refractivity contribution < 1.29 is 4.79 Å². The smallest absolute Gasteiger partial charge is 0.119 e. The zero-order valence-electron chi connectivity index (χ0n) is 6.89. The van der Waals surface area contributed by atoms with Crippen molar-refractivity contribution in [3.8, 4) is 0 Å². The molecule has 0 saturated heterocycles. The summed E-state index contributed by atoms with van der Waals surface area (Å²) in [4.78, 5) is 9.89. The molecule has 10 heavy (non-hydrogen) atoms. The minimum Gasteiger partial charge on any atom is -0.303 e. The molecule has 0 aliphatic rings. The fraction of sp³-hybridized carbons (Fsp3) is 0.667. The molecule has 1 nitrogen and oxygen atoms in total. The number of carbonyl (C=O) groups excluding carboxylic acids is 1. The quantitative estimate of drug-likeness (QED) is 0.326. The lowest BCUT2D eigenvalue weighted by Crippen LogP contribution is -1.76. The Morgan fingerprint density at radius 3 is 2.30 bits per heavy atom. The number of carbonyl (C=O) groups is 1. The largest absolute Gasteiger partial charge is 0.303 e. The highest BCUT2D eigenvalue weighted by Crippen LogP contribution is 2.01. The Kier molecular flexibility index (Phi) is 6.14. The first kappa shape index (κ1) is 9.41. The van der Waals surface area contributed by atoms with Gasteiger partial charge in [0.05, 0.1) is 0 Å². The molecule has 0 atom stereocenters. The van der Waals surface area contributed by atoms with Gasteiger partial charge in [-0.15, -0.1) is 0 Å². The van der Waals surface area contributed by atoms with Crippen LogP contribution in [-0.4, -0.2) is 6.29 Å². The van der Waals surface area contributed by atoms with E-state index in [1.807, 2.05) is 0 Å². The van der Waals surface area contributed by atoms with E-state index in [9.17, 15) is 4.79 Å². The molecule has 1 heteroatoms. The normalized spacial score (nSPS) is 9.00. The van der Waals surface area contributed by atoms with Crippen molar-refractivity contribution in [1.82, 2.24) is 0 Å². The van der Waals surface area contributed by atoms with Gasteiger partial charge in [0.2, 0.25) is 0 Å². The molecule has 0 unspecified atom stereocenters. The molecule has 0 saturated carbocycles. The fourth-order valence-corrected chi connectivity index (χ4v) is 0.763. The van der Waals surface area contributed by atoms with Crippen molar-refractivity contribution in [1.29, 1.82) is 0 Å². The van der Waals surface area contributed by atoms with E-state index < -0.39 is 0 Å². The molecule has 0 rings (SSSR count). The van der Waals surface area contributed by atoms with E-state index in [0.717, 1.165) is 32.0 Å². The average Bonchev–Trinajstić information content (AvgIpc) is 1.87. The molecule has 0 heterocycles. The number of aldehydes is 1. The van der Waals surface area contributed by atoms with Gasteiger partial charge in [0.25, 0.3) is 0 Å². The Labute approximate surface area is 63.1 Å². The molecule has 0 amide bonds. The summed E-state index contributed by atoms with van der Waals surface area (Å²) in [5.41, 5.74) is 1.37. The van der Waals surface area contributed by atoms with Crippen LogP contribution in [0.2, 0.25) is 0 Å². The van der Waals surface area contributed by atoms with E-state index >= 15 is 0 Å². The Balaban J connectivity index is 3.05. The van der Waals surface area contributed by atoms with Gasteiger partial charge in [-0.1, -0.05) is 11.6 Å². The van der Waals surface area contributed by atoms with Crippen molar-refractivity contribution in [3.63, 3.8) is 0 Å². The van der Waals surface area contributed by atoms with Gasteiger partial charge >= 0.3 is 0 Å². The Bertz CT molecular complexity index is 110. The monoisotopic (exact) mass is 140 g/mol. The highest BCUT2D eigenvalue weighted by molar-refractivity contribution is 5.48. The molecule has 0 aromatic carbocycles. The molecule has 0 radical (unpaired) electrons. The summed E-state index contributed by atoms with van der Waals surface area (Å²) in [5, 5.41) is 0. The SMILES string of the molecule is CC(C)=CCCCCC=O. The minimum atomic E-state index is 0.719. The molecule has 0 spiro atoms. The van der Waals surface area contributed by atoms with Crippen molar-refractivity contribution in [3.05, 3.63) is 11.6 Å². The van der Waals surface area contributed by atoms with Crippen LogP contribution in [0.5, 0.6) is 0 Å². The Morgan fingerprint density at radius 1 is 1.20 bits per heavy atom. The lowest BCUT2D eigenvalue weighted by Gasteiger charge is -1.91. The van der Waals surface area contributed by atoms with Crippen molar-refractivity contribution >= 4 is 6.29 Å². The maximum Gasteiger partial charge on any atom is 0.119 e. The molecule has 0 aromatic rings. The van der Waals surface area contributed by atoms with Crippen LogP contribution in [0.25, 0.3) is 0 Å². The van der Waals surface area contributed by atoms with Crippen molar-refractivity contribution in [2.75, 3.05) is 0 Å². The van der Waals surface area contributed by atoms with E-state index in [0.29, 0.717) is 0 Å². The zero-order valence-corrected chi connectivity index (χ0v) is 6.89. The first-order chi connectivity index (χ1) is 4.77. The van der Waals surface area contributed by atoms with E-state index in [1.165, 1.54) is 5.57 Å². The number of unbranched alkanes of at least 4 members (excludes halogenated alkanes) is 3.